The summed E-state index contributed by atoms with van der Waals surface area (Å²) in [6.45, 7) is -0.275. The second kappa shape index (κ2) is 3.86. The van der Waals surface area contributed by atoms with Gasteiger partial charge in [0, 0.05) is 6.07 Å². The number of nitrogens with two attached hydrogens (primary N) is 1. The third kappa shape index (κ3) is 2.41. The monoisotopic (exact) mass is 185 g/mol. The van der Waals surface area contributed by atoms with Gasteiger partial charge in [-0.1, -0.05) is 0 Å². The van der Waals surface area contributed by atoms with Gasteiger partial charge >= 0.3 is 5.97 Å². The summed E-state index contributed by atoms with van der Waals surface area (Å²) in [5.74, 6) is -1.98. The van der Waals surface area contributed by atoms with Crippen LogP contribution in [0.5, 0.6) is 11.5 Å². The van der Waals surface area contributed by atoms with Gasteiger partial charge in [-0.2, -0.15) is 0 Å². The zero-order chi connectivity index (χ0) is 9.84. The molecule has 0 heterocycles. The van der Waals surface area contributed by atoms with Crippen LogP contribution in [-0.4, -0.2) is 17.6 Å². The number of phenolic OH excluding ortho intramolecular Hbond substituents is 1. The van der Waals surface area contributed by atoms with Gasteiger partial charge in [0.1, 0.15) is 5.75 Å². The number of ether oxygens (including phenoxy) is 1. The van der Waals surface area contributed by atoms with Crippen molar-refractivity contribution in [1.82, 2.24) is 0 Å². The van der Waals surface area contributed by atoms with Crippen LogP contribution in [0.4, 0.5) is 4.39 Å². The van der Waals surface area contributed by atoms with E-state index in [0.717, 1.165) is 12.1 Å². The van der Waals surface area contributed by atoms with Gasteiger partial charge in [0.05, 0.1) is 6.54 Å². The average molecular weight is 185 g/mol. The van der Waals surface area contributed by atoms with Crippen LogP contribution in [0.2, 0.25) is 0 Å². The molecular weight excluding hydrogens is 177 g/mol. The van der Waals surface area contributed by atoms with Gasteiger partial charge < -0.3 is 15.6 Å². The van der Waals surface area contributed by atoms with Crippen LogP contribution in [0.3, 0.4) is 0 Å². The molecule has 0 aromatic heterocycles. The summed E-state index contributed by atoms with van der Waals surface area (Å²) < 4.78 is 17.2. The van der Waals surface area contributed by atoms with Crippen molar-refractivity contribution < 1.29 is 19.0 Å². The zero-order valence-corrected chi connectivity index (χ0v) is 6.66. The van der Waals surface area contributed by atoms with Crippen LogP contribution in [-0.2, 0) is 4.79 Å². The van der Waals surface area contributed by atoms with Crippen molar-refractivity contribution in [2.45, 2.75) is 0 Å². The normalized spacial score (nSPS) is 9.69. The van der Waals surface area contributed by atoms with Crippen molar-refractivity contribution in [3.63, 3.8) is 0 Å². The molecule has 0 atom stereocenters. The minimum absolute atomic E-state index is 0.0192. The van der Waals surface area contributed by atoms with Gasteiger partial charge in [-0.15, -0.1) is 0 Å². The quantitative estimate of drug-likeness (QED) is 0.516. The van der Waals surface area contributed by atoms with E-state index in [1.807, 2.05) is 0 Å². The van der Waals surface area contributed by atoms with Gasteiger partial charge in [-0.3, -0.25) is 4.79 Å². The second-order valence-electron chi connectivity index (χ2n) is 2.29. The predicted molar refractivity (Wildman–Crippen MR) is 42.8 cm³/mol. The standard InChI is InChI=1S/C8H8FNO3/c9-6-3-5(1-2-7(6)11)13-8(12)4-10/h1-3,11H,4,10H2. The smallest absolute Gasteiger partial charge is 0.325 e. The Morgan fingerprint density at radius 2 is 2.31 bits per heavy atom. The highest BCUT2D eigenvalue weighted by Gasteiger charge is 2.05. The number of phenols is 1. The Morgan fingerprint density at radius 3 is 2.85 bits per heavy atom. The van der Waals surface area contributed by atoms with Crippen LogP contribution >= 0.6 is 0 Å². The van der Waals surface area contributed by atoms with Crippen molar-refractivity contribution in [1.29, 1.82) is 0 Å². The van der Waals surface area contributed by atoms with Crippen LogP contribution in [0.1, 0.15) is 0 Å². The molecule has 4 nitrogen and oxygen atoms in total. The van der Waals surface area contributed by atoms with E-state index in [-0.39, 0.29) is 12.3 Å². The molecule has 70 valence electrons. The molecule has 0 aliphatic heterocycles. The number of hydrogen-bond acceptors (Lipinski definition) is 4. The highest BCUT2D eigenvalue weighted by Crippen LogP contribution is 2.20. The number of benzene rings is 1. The van der Waals surface area contributed by atoms with Crippen molar-refractivity contribution >= 4 is 5.97 Å². The number of aromatic hydroxyl groups is 1. The van der Waals surface area contributed by atoms with Gasteiger partial charge in [-0.25, -0.2) is 4.39 Å². The van der Waals surface area contributed by atoms with Crippen LogP contribution in [0, 0.1) is 5.82 Å². The van der Waals surface area contributed by atoms with E-state index in [1.165, 1.54) is 6.07 Å². The Hall–Kier alpha value is -1.62. The molecule has 13 heavy (non-hydrogen) atoms. The summed E-state index contributed by atoms with van der Waals surface area (Å²) in [7, 11) is 0. The van der Waals surface area contributed by atoms with E-state index in [0.29, 0.717) is 0 Å². The molecule has 0 aliphatic carbocycles. The van der Waals surface area contributed by atoms with Crippen LogP contribution < -0.4 is 10.5 Å². The highest BCUT2D eigenvalue weighted by molar-refractivity contribution is 5.74. The zero-order valence-electron chi connectivity index (χ0n) is 6.66. The molecule has 1 rings (SSSR count). The fraction of sp³-hybridized carbons (Fsp3) is 0.125. The van der Waals surface area contributed by atoms with Crippen molar-refractivity contribution in [2.24, 2.45) is 5.73 Å². The third-order valence-electron chi connectivity index (χ3n) is 1.32. The largest absolute Gasteiger partial charge is 0.505 e. The van der Waals surface area contributed by atoms with E-state index in [1.54, 1.807) is 0 Å². The maximum atomic E-state index is 12.7. The van der Waals surface area contributed by atoms with E-state index in [2.05, 4.69) is 4.74 Å². The lowest BCUT2D eigenvalue weighted by molar-refractivity contribution is -0.132. The first-order valence-electron chi connectivity index (χ1n) is 3.52. The molecule has 1 aromatic rings. The summed E-state index contributed by atoms with van der Waals surface area (Å²) in [5.41, 5.74) is 4.97. The topological polar surface area (TPSA) is 72.6 Å². The highest BCUT2D eigenvalue weighted by atomic mass is 19.1. The first-order valence-corrected chi connectivity index (χ1v) is 3.52. The summed E-state index contributed by atoms with van der Waals surface area (Å²) in [6.07, 6.45) is 0. The first kappa shape index (κ1) is 9.47. The van der Waals surface area contributed by atoms with Crippen molar-refractivity contribution in [3.05, 3.63) is 24.0 Å². The second-order valence-corrected chi connectivity index (χ2v) is 2.29. The predicted octanol–water partition coefficient (Wildman–Crippen LogP) is 0.395. The third-order valence-corrected chi connectivity index (χ3v) is 1.32. The maximum absolute atomic E-state index is 12.7. The summed E-state index contributed by atoms with van der Waals surface area (Å²) in [6, 6.07) is 3.27. The molecule has 0 amide bonds. The minimum Gasteiger partial charge on any atom is -0.505 e. The van der Waals surface area contributed by atoms with Gasteiger partial charge in [-0.05, 0) is 12.1 Å². The number of esters is 1. The average Bonchev–Trinajstić information content (AvgIpc) is 2.11. The molecule has 0 spiro atoms. The molecule has 0 fully saturated rings. The first-order chi connectivity index (χ1) is 6.13. The Morgan fingerprint density at radius 1 is 1.62 bits per heavy atom. The molecule has 0 unspecified atom stereocenters. The Kier molecular flexibility index (Phi) is 2.81. The van der Waals surface area contributed by atoms with Crippen LogP contribution in [0.15, 0.2) is 18.2 Å². The molecule has 0 radical (unpaired) electrons. The van der Waals surface area contributed by atoms with Crippen LogP contribution in [0.25, 0.3) is 0 Å². The fourth-order valence-corrected chi connectivity index (χ4v) is 0.724. The summed E-state index contributed by atoms with van der Waals surface area (Å²) >= 11 is 0. The Balaban J connectivity index is 2.79. The summed E-state index contributed by atoms with van der Waals surface area (Å²) in [4.78, 5) is 10.6. The molecule has 0 saturated heterocycles. The van der Waals surface area contributed by atoms with E-state index in [9.17, 15) is 9.18 Å². The van der Waals surface area contributed by atoms with E-state index < -0.39 is 17.5 Å². The van der Waals surface area contributed by atoms with E-state index in [4.69, 9.17) is 10.8 Å². The van der Waals surface area contributed by atoms with Crippen molar-refractivity contribution in [3.8, 4) is 11.5 Å². The maximum Gasteiger partial charge on any atom is 0.325 e. The number of carbonyl (C=O) groups is 1. The summed E-state index contributed by atoms with van der Waals surface area (Å²) in [5, 5.41) is 8.79. The lowest BCUT2D eigenvalue weighted by Gasteiger charge is -2.02. The number of halogens is 1. The van der Waals surface area contributed by atoms with Gasteiger partial charge in [0.15, 0.2) is 11.6 Å². The molecule has 1 aromatic carbocycles. The molecule has 0 aliphatic rings. The van der Waals surface area contributed by atoms with Crippen molar-refractivity contribution in [2.75, 3.05) is 6.54 Å². The lowest BCUT2D eigenvalue weighted by atomic mass is 10.3. The fourth-order valence-electron chi connectivity index (χ4n) is 0.724. The Bertz CT molecular complexity index is 327. The van der Waals surface area contributed by atoms with Gasteiger partial charge in [0.2, 0.25) is 0 Å². The molecule has 0 bridgehead atoms. The molecule has 5 heteroatoms. The molecular formula is C8H8FNO3. The van der Waals surface area contributed by atoms with Gasteiger partial charge in [0.25, 0.3) is 0 Å². The molecule has 0 saturated carbocycles. The van der Waals surface area contributed by atoms with E-state index >= 15 is 0 Å². The Labute approximate surface area is 73.7 Å². The number of hydrogen-bond donors (Lipinski definition) is 2. The molecule has 3 N–H and O–H groups in total. The minimum atomic E-state index is -0.845. The lowest BCUT2D eigenvalue weighted by Crippen LogP contribution is -2.19. The SMILES string of the molecule is NCC(=O)Oc1ccc(O)c(F)c1. The number of carbonyl (C=O) groups excluding carboxylic acids is 1. The number of rotatable bonds is 2.